The van der Waals surface area contributed by atoms with Crippen LogP contribution in [0.3, 0.4) is 0 Å². The van der Waals surface area contributed by atoms with Gasteiger partial charge in [0, 0.05) is 29.9 Å². The highest BCUT2D eigenvalue weighted by Crippen LogP contribution is 2.36. The lowest BCUT2D eigenvalue weighted by molar-refractivity contribution is -0.126. The van der Waals surface area contributed by atoms with Crippen LogP contribution >= 0.6 is 0 Å². The summed E-state index contributed by atoms with van der Waals surface area (Å²) in [5.41, 5.74) is 2.37. The summed E-state index contributed by atoms with van der Waals surface area (Å²) in [4.78, 5) is 28.3. The van der Waals surface area contributed by atoms with E-state index in [1.165, 1.54) is 0 Å². The molecule has 0 bridgehead atoms. The minimum atomic E-state index is -0.389. The maximum atomic E-state index is 12.1. The first kappa shape index (κ1) is 23.6. The number of hydrogen-bond acceptors (Lipinski definition) is 6. The molecule has 0 aliphatic carbocycles. The van der Waals surface area contributed by atoms with Crippen LogP contribution in [0.15, 0.2) is 60.3 Å². The second-order valence-corrected chi connectivity index (χ2v) is 7.47. The number of amides is 2. The van der Waals surface area contributed by atoms with Gasteiger partial charge < -0.3 is 24.8 Å². The highest BCUT2D eigenvalue weighted by molar-refractivity contribution is 6.03. The zero-order valence-corrected chi connectivity index (χ0v) is 19.1. The van der Waals surface area contributed by atoms with Crippen LogP contribution in [0, 0.1) is 0 Å². The third kappa shape index (κ3) is 6.46. The molecule has 0 atom stereocenters. The Labute approximate surface area is 192 Å². The van der Waals surface area contributed by atoms with Crippen LogP contribution < -0.4 is 24.8 Å². The van der Waals surface area contributed by atoms with E-state index in [1.807, 2.05) is 26.0 Å². The van der Waals surface area contributed by atoms with Gasteiger partial charge in [-0.25, -0.2) is 0 Å². The topological polar surface area (TPSA) is 98.8 Å². The number of hydrogen-bond donors (Lipinski definition) is 2. The minimum absolute atomic E-state index is 0.247. The van der Waals surface area contributed by atoms with Crippen molar-refractivity contribution < 1.29 is 23.8 Å². The molecule has 0 radical (unpaired) electrons. The van der Waals surface area contributed by atoms with E-state index >= 15 is 0 Å². The number of methoxy groups -OCH3 is 2. The minimum Gasteiger partial charge on any atom is -0.493 e. The van der Waals surface area contributed by atoms with Crippen molar-refractivity contribution in [3.8, 4) is 23.0 Å². The molecule has 172 valence electrons. The first-order chi connectivity index (χ1) is 15.9. The molecule has 2 amide bonds. The summed E-state index contributed by atoms with van der Waals surface area (Å²) in [6.45, 7) is 4.29. The van der Waals surface area contributed by atoms with Gasteiger partial charge in [0.1, 0.15) is 17.9 Å². The summed E-state index contributed by atoms with van der Waals surface area (Å²) in [5.74, 6) is 1.62. The Morgan fingerprint density at radius 1 is 0.939 bits per heavy atom. The monoisotopic (exact) mass is 449 g/mol. The summed E-state index contributed by atoms with van der Waals surface area (Å²) in [7, 11) is 3.14. The zero-order valence-electron chi connectivity index (χ0n) is 19.1. The molecule has 3 aromatic rings. The molecule has 0 spiro atoms. The Kier molecular flexibility index (Phi) is 7.86. The van der Waals surface area contributed by atoms with Crippen molar-refractivity contribution in [1.82, 2.24) is 10.3 Å². The Hall–Kier alpha value is -4.07. The molecule has 3 rings (SSSR count). The highest BCUT2D eigenvalue weighted by Gasteiger charge is 2.12. The number of nitrogens with zero attached hydrogens (tertiary/aromatic N) is 1. The van der Waals surface area contributed by atoms with Gasteiger partial charge >= 0.3 is 0 Å². The molecule has 1 heterocycles. The van der Waals surface area contributed by atoms with Crippen molar-refractivity contribution in [1.29, 1.82) is 0 Å². The molecule has 0 saturated carbocycles. The van der Waals surface area contributed by atoms with E-state index in [9.17, 15) is 9.59 Å². The van der Waals surface area contributed by atoms with E-state index in [1.54, 1.807) is 56.8 Å². The molecule has 0 unspecified atom stereocenters. The van der Waals surface area contributed by atoms with Gasteiger partial charge in [-0.05, 0) is 50.2 Å². The summed E-state index contributed by atoms with van der Waals surface area (Å²) < 4.78 is 16.7. The molecule has 0 saturated heterocycles. The molecular formula is C25H27N3O5. The molecule has 33 heavy (non-hydrogen) atoms. The summed E-state index contributed by atoms with van der Waals surface area (Å²) in [6.07, 6.45) is 3.29. The number of carbonyl (C=O) groups excluding carboxylic acids is 2. The van der Waals surface area contributed by atoms with Crippen LogP contribution in [0.4, 0.5) is 5.69 Å². The van der Waals surface area contributed by atoms with Gasteiger partial charge in [0.15, 0.2) is 11.5 Å². The number of allylic oxidation sites excluding steroid dienone is 1. The van der Waals surface area contributed by atoms with Crippen molar-refractivity contribution >= 4 is 28.4 Å². The van der Waals surface area contributed by atoms with Gasteiger partial charge in [0.2, 0.25) is 11.8 Å². The van der Waals surface area contributed by atoms with Gasteiger partial charge in [-0.1, -0.05) is 11.6 Å². The third-order valence-electron chi connectivity index (χ3n) is 4.70. The average molecular weight is 450 g/mol. The normalized spacial score (nSPS) is 10.3. The summed E-state index contributed by atoms with van der Waals surface area (Å²) >= 11 is 0. The number of fused-ring (bicyclic) bond motifs is 1. The fourth-order valence-corrected chi connectivity index (χ4v) is 3.05. The number of nitrogens with one attached hydrogen (secondary N) is 2. The highest BCUT2D eigenvalue weighted by atomic mass is 16.5. The van der Waals surface area contributed by atoms with Crippen LogP contribution in [0.5, 0.6) is 23.0 Å². The van der Waals surface area contributed by atoms with Gasteiger partial charge in [-0.15, -0.1) is 0 Å². The van der Waals surface area contributed by atoms with Crippen LogP contribution in [0.2, 0.25) is 0 Å². The van der Waals surface area contributed by atoms with Crippen molar-refractivity contribution in [2.24, 2.45) is 0 Å². The van der Waals surface area contributed by atoms with Crippen LogP contribution in [0.1, 0.15) is 20.3 Å². The zero-order chi connectivity index (χ0) is 23.8. The maximum Gasteiger partial charge on any atom is 0.233 e. The first-order valence-corrected chi connectivity index (χ1v) is 10.4. The van der Waals surface area contributed by atoms with Crippen molar-refractivity contribution in [2.75, 3.05) is 26.1 Å². The fraction of sp³-hybridized carbons (Fsp3) is 0.240. The van der Waals surface area contributed by atoms with Crippen LogP contribution in [-0.2, 0) is 9.59 Å². The second kappa shape index (κ2) is 11.0. The molecule has 0 aliphatic rings. The first-order valence-electron chi connectivity index (χ1n) is 10.4. The van der Waals surface area contributed by atoms with E-state index in [0.29, 0.717) is 40.7 Å². The number of benzene rings is 2. The third-order valence-corrected chi connectivity index (χ3v) is 4.70. The molecule has 1 aromatic heterocycles. The Bertz CT molecular complexity index is 1170. The van der Waals surface area contributed by atoms with Crippen molar-refractivity contribution in [2.45, 2.75) is 20.3 Å². The average Bonchev–Trinajstić information content (AvgIpc) is 2.79. The van der Waals surface area contributed by atoms with E-state index in [-0.39, 0.29) is 18.2 Å². The largest absolute Gasteiger partial charge is 0.493 e. The van der Waals surface area contributed by atoms with Crippen LogP contribution in [-0.4, -0.2) is 37.6 Å². The Morgan fingerprint density at radius 3 is 2.30 bits per heavy atom. The Morgan fingerprint density at radius 2 is 1.64 bits per heavy atom. The van der Waals surface area contributed by atoms with Gasteiger partial charge in [-0.3, -0.25) is 14.6 Å². The standard InChI is InChI=1S/C25H27N3O5/c1-16(2)9-11-27-24(29)15-25(30)28-17-5-7-18(8-6-17)33-21-10-12-26-20-14-23(32-4)22(31-3)13-19(20)21/h5-10,12-14H,11,15H2,1-4H3,(H,27,29)(H,28,30). The molecule has 2 aromatic carbocycles. The van der Waals surface area contributed by atoms with E-state index < -0.39 is 0 Å². The molecule has 0 aliphatic heterocycles. The number of aromatic nitrogens is 1. The van der Waals surface area contributed by atoms with E-state index in [4.69, 9.17) is 14.2 Å². The van der Waals surface area contributed by atoms with E-state index in [0.717, 1.165) is 11.0 Å². The van der Waals surface area contributed by atoms with Crippen LogP contribution in [0.25, 0.3) is 10.9 Å². The molecule has 2 N–H and O–H groups in total. The quantitative estimate of drug-likeness (QED) is 0.370. The molecule has 8 heteroatoms. The number of ether oxygens (including phenoxy) is 3. The predicted molar refractivity (Wildman–Crippen MR) is 127 cm³/mol. The number of carbonyl (C=O) groups is 2. The smallest absolute Gasteiger partial charge is 0.233 e. The SMILES string of the molecule is COc1cc2nccc(Oc3ccc(NC(=O)CC(=O)NCC=C(C)C)cc3)c2cc1OC. The number of rotatable bonds is 9. The van der Waals surface area contributed by atoms with E-state index in [2.05, 4.69) is 15.6 Å². The van der Waals surface area contributed by atoms with Crippen molar-refractivity contribution in [3.05, 3.63) is 60.3 Å². The predicted octanol–water partition coefficient (Wildman–Crippen LogP) is 4.46. The number of anilines is 1. The summed E-state index contributed by atoms with van der Waals surface area (Å²) in [6, 6.07) is 12.2. The molecule has 0 fully saturated rings. The number of pyridine rings is 1. The van der Waals surface area contributed by atoms with Crippen molar-refractivity contribution in [3.63, 3.8) is 0 Å². The lowest BCUT2D eigenvalue weighted by atomic mass is 10.2. The fourth-order valence-electron chi connectivity index (χ4n) is 3.05. The van der Waals surface area contributed by atoms with Gasteiger partial charge in [0.25, 0.3) is 0 Å². The second-order valence-electron chi connectivity index (χ2n) is 7.47. The molecular weight excluding hydrogens is 422 g/mol. The Balaban J connectivity index is 1.65. The summed E-state index contributed by atoms with van der Waals surface area (Å²) in [5, 5.41) is 6.16. The van der Waals surface area contributed by atoms with Gasteiger partial charge in [-0.2, -0.15) is 0 Å². The lowest BCUT2D eigenvalue weighted by Gasteiger charge is -2.12. The maximum absolute atomic E-state index is 12.1. The lowest BCUT2D eigenvalue weighted by Crippen LogP contribution is -2.28. The molecule has 8 nitrogen and oxygen atoms in total. The van der Waals surface area contributed by atoms with Gasteiger partial charge in [0.05, 0.1) is 19.7 Å².